The first-order valence-electron chi connectivity index (χ1n) is 28.0. The van der Waals surface area contributed by atoms with Crippen molar-refractivity contribution in [1.29, 1.82) is 0 Å². The van der Waals surface area contributed by atoms with Gasteiger partial charge in [0.1, 0.15) is 47.3 Å². The molecule has 2 aromatic carbocycles. The maximum atomic E-state index is 14.5. The average molecular weight is 1200 g/mol. The van der Waals surface area contributed by atoms with Crippen LogP contribution >= 0.6 is 11.8 Å². The Kier molecular flexibility index (Phi) is 30.6. The first kappa shape index (κ1) is 70.6. The highest BCUT2D eigenvalue weighted by molar-refractivity contribution is 8.00. The van der Waals surface area contributed by atoms with Gasteiger partial charge in [-0.15, -0.1) is 11.8 Å². The Hall–Kier alpha value is -8.62. The van der Waals surface area contributed by atoms with Gasteiger partial charge in [-0.05, 0) is 104 Å². The molecule has 0 radical (unpaired) electrons. The van der Waals surface area contributed by atoms with Gasteiger partial charge in [-0.3, -0.25) is 62.5 Å². The SMILES string of the molecule is CC(C)C[C@H](NC(=O)[C@@H](NC(=O)CNC(=O)c1ccccc1)C(C)C)C(=O)N[C@@H](CCCCNC(=O)CC(SCCc1ccccn1)C(=O)O)C(=O)N[C@@H](CCC(=O)O)C(=O)N[C@@H](Cc1ccc(O)cc1)C(=O)NCC(=O)N[C@H](C(N)=O)C(C)C. The van der Waals surface area contributed by atoms with Crippen LogP contribution in [-0.4, -0.2) is 158 Å². The lowest BCUT2D eigenvalue weighted by Crippen LogP contribution is -2.60. The van der Waals surface area contributed by atoms with Crippen LogP contribution in [0.4, 0.5) is 0 Å². The van der Waals surface area contributed by atoms with Crippen molar-refractivity contribution >= 4 is 82.8 Å². The average Bonchev–Trinajstić information content (AvgIpc) is 3.58. The number of nitrogens with two attached hydrogens (primary N) is 1. The van der Waals surface area contributed by atoms with Crippen LogP contribution in [0.3, 0.4) is 0 Å². The number of thioether (sulfide) groups is 1. The van der Waals surface area contributed by atoms with Gasteiger partial charge in [0.2, 0.25) is 53.2 Å². The number of carboxylic acid groups (broad SMARTS) is 2. The fourth-order valence-electron chi connectivity index (χ4n) is 8.37. The maximum absolute atomic E-state index is 14.5. The van der Waals surface area contributed by atoms with E-state index in [1.165, 1.54) is 24.3 Å². The zero-order valence-electron chi connectivity index (χ0n) is 48.6. The number of unbranched alkanes of at least 4 members (excludes halogenated alkanes) is 1. The number of aromatic hydroxyl groups is 1. The number of carbonyl (C=O) groups is 12. The van der Waals surface area contributed by atoms with Gasteiger partial charge in [-0.1, -0.05) is 77.9 Å². The van der Waals surface area contributed by atoms with E-state index in [1.54, 1.807) is 90.2 Å². The summed E-state index contributed by atoms with van der Waals surface area (Å²) >= 11 is 1.09. The second kappa shape index (κ2) is 36.9. The van der Waals surface area contributed by atoms with Crippen LogP contribution in [-0.2, 0) is 65.6 Å². The Morgan fingerprint density at radius 3 is 1.71 bits per heavy atom. The molecule has 1 heterocycles. The summed E-state index contributed by atoms with van der Waals surface area (Å²) in [6, 6.07) is 10.7. The van der Waals surface area contributed by atoms with Crippen LogP contribution in [0, 0.1) is 17.8 Å². The molecule has 0 saturated heterocycles. The molecular formula is C58H81N11O15S. The number of aryl methyl sites for hydroxylation is 1. The number of rotatable bonds is 38. The standard InChI is InChI=1S/C58H81N11O15S/c1-33(2)28-42(67-57(82)50(35(5)6)69-47(73)31-62-52(77)37-14-8-7-9-15-37)56(81)64-40(17-11-13-26-61-45(71)30-44(58(83)84)85-27-24-38-16-10-12-25-60-38)54(79)65-41(22-23-48(74)75)55(80)66-43(29-36-18-20-39(70)21-19-36)53(78)63-32-46(72)68-49(34(3)4)51(59)76/h7-10,12,14-16,18-21,25,33-35,40-44,49-50,70H,11,13,17,22-24,26-32H2,1-6H3,(H2,59,76)(H,61,71)(H,62,77)(H,63,78)(H,64,81)(H,65,79)(H,66,80)(H,67,82)(H,68,72)(H,69,73)(H,74,75)(H,83,84)/t40-,41-,42-,43-,44?,49-,50-/m0/s1. The normalized spacial score (nSPS) is 13.5. The number of carboxylic acids is 2. The summed E-state index contributed by atoms with van der Waals surface area (Å²) in [5.41, 5.74) is 6.90. The van der Waals surface area contributed by atoms with E-state index in [2.05, 4.69) is 52.8 Å². The van der Waals surface area contributed by atoms with Crippen LogP contribution < -0.4 is 53.6 Å². The Morgan fingerprint density at radius 2 is 1.14 bits per heavy atom. The lowest BCUT2D eigenvalue weighted by Gasteiger charge is -2.28. The molecule has 26 nitrogen and oxygen atoms in total. The highest BCUT2D eigenvalue weighted by Crippen LogP contribution is 2.18. The lowest BCUT2D eigenvalue weighted by atomic mass is 9.99. The predicted octanol–water partition coefficient (Wildman–Crippen LogP) is 0.599. The fourth-order valence-corrected chi connectivity index (χ4v) is 9.39. The van der Waals surface area contributed by atoms with E-state index in [9.17, 15) is 72.9 Å². The molecule has 3 aromatic rings. The smallest absolute Gasteiger partial charge is 0.317 e. The molecule has 0 saturated carbocycles. The van der Waals surface area contributed by atoms with Gasteiger partial charge in [-0.25, -0.2) is 0 Å². The third-order valence-electron chi connectivity index (χ3n) is 13.0. The van der Waals surface area contributed by atoms with E-state index in [1.807, 2.05) is 6.07 Å². The second-order valence-corrected chi connectivity index (χ2v) is 22.6. The van der Waals surface area contributed by atoms with Crippen LogP contribution in [0.15, 0.2) is 79.0 Å². The van der Waals surface area contributed by atoms with Gasteiger partial charge in [0, 0.05) is 43.3 Å². The number of primary amides is 1. The molecular weight excluding hydrogens is 1120 g/mol. The lowest BCUT2D eigenvalue weighted by molar-refractivity contribution is -0.139. The van der Waals surface area contributed by atoms with Crippen LogP contribution in [0.2, 0.25) is 0 Å². The molecule has 3 rings (SSSR count). The van der Waals surface area contributed by atoms with Crippen LogP contribution in [0.5, 0.6) is 5.75 Å². The quantitative estimate of drug-likeness (QED) is 0.0349. The molecule has 14 N–H and O–H groups in total. The number of carbonyl (C=O) groups excluding carboxylic acids is 10. The predicted molar refractivity (Wildman–Crippen MR) is 314 cm³/mol. The van der Waals surface area contributed by atoms with Gasteiger partial charge >= 0.3 is 11.9 Å². The largest absolute Gasteiger partial charge is 0.508 e. The first-order chi connectivity index (χ1) is 40.2. The number of phenolic OH excluding ortho intramolecular Hbond substituents is 1. The number of nitrogens with one attached hydrogen (secondary N) is 9. The summed E-state index contributed by atoms with van der Waals surface area (Å²) in [4.78, 5) is 163. The molecule has 464 valence electrons. The highest BCUT2D eigenvalue weighted by atomic mass is 32.2. The fraction of sp³-hybridized carbons (Fsp3) is 0.500. The van der Waals surface area contributed by atoms with Crippen molar-refractivity contribution < 1.29 is 72.9 Å². The van der Waals surface area contributed by atoms with Crippen molar-refractivity contribution in [3.8, 4) is 5.75 Å². The van der Waals surface area contributed by atoms with Crippen molar-refractivity contribution in [2.75, 3.05) is 25.4 Å². The molecule has 0 aliphatic heterocycles. The van der Waals surface area contributed by atoms with Crippen LogP contribution in [0.1, 0.15) is 108 Å². The number of aromatic nitrogens is 1. The molecule has 0 bridgehead atoms. The summed E-state index contributed by atoms with van der Waals surface area (Å²) in [7, 11) is 0. The van der Waals surface area contributed by atoms with Gasteiger partial charge in [-0.2, -0.15) is 0 Å². The molecule has 7 atom stereocenters. The third-order valence-corrected chi connectivity index (χ3v) is 14.2. The number of benzene rings is 2. The number of aliphatic carboxylic acids is 2. The van der Waals surface area contributed by atoms with E-state index in [4.69, 9.17) is 5.73 Å². The number of pyridine rings is 1. The summed E-state index contributed by atoms with van der Waals surface area (Å²) < 4.78 is 0. The van der Waals surface area contributed by atoms with Gasteiger partial charge in [0.15, 0.2) is 0 Å². The minimum Gasteiger partial charge on any atom is -0.508 e. The third kappa shape index (κ3) is 27.1. The zero-order chi connectivity index (χ0) is 63.2. The minimum atomic E-state index is -1.69. The summed E-state index contributed by atoms with van der Waals surface area (Å²) in [6.45, 7) is 8.97. The number of hydrogen-bond acceptors (Lipinski definition) is 15. The summed E-state index contributed by atoms with van der Waals surface area (Å²) in [5.74, 6) is -11.5. The van der Waals surface area contributed by atoms with Crippen molar-refractivity contribution in [2.24, 2.45) is 23.5 Å². The molecule has 85 heavy (non-hydrogen) atoms. The molecule has 0 fully saturated rings. The molecule has 0 aliphatic rings. The van der Waals surface area contributed by atoms with E-state index in [0.717, 1.165) is 17.5 Å². The second-order valence-electron chi connectivity index (χ2n) is 21.2. The van der Waals surface area contributed by atoms with Crippen molar-refractivity contribution in [3.63, 3.8) is 0 Å². The number of phenols is 1. The van der Waals surface area contributed by atoms with Crippen molar-refractivity contribution in [3.05, 3.63) is 95.8 Å². The molecule has 10 amide bonds. The molecule has 0 aliphatic carbocycles. The van der Waals surface area contributed by atoms with E-state index >= 15 is 0 Å². The Balaban J connectivity index is 1.89. The van der Waals surface area contributed by atoms with Crippen LogP contribution in [0.25, 0.3) is 0 Å². The highest BCUT2D eigenvalue weighted by Gasteiger charge is 2.34. The number of nitrogens with zero attached hydrogens (tertiary/aromatic N) is 1. The summed E-state index contributed by atoms with van der Waals surface area (Å²) in [6.07, 6.45) is 0.412. The Morgan fingerprint density at radius 1 is 0.576 bits per heavy atom. The number of hydrogen-bond donors (Lipinski definition) is 13. The minimum absolute atomic E-state index is 0.00950. The maximum Gasteiger partial charge on any atom is 0.317 e. The molecule has 0 spiro atoms. The monoisotopic (exact) mass is 1200 g/mol. The Labute approximate surface area is 497 Å². The van der Waals surface area contributed by atoms with E-state index in [0.29, 0.717) is 23.3 Å². The number of amides is 10. The summed E-state index contributed by atoms with van der Waals surface area (Å²) in [5, 5.41) is 51.4. The molecule has 27 heteroatoms. The first-order valence-corrected chi connectivity index (χ1v) is 29.0. The van der Waals surface area contributed by atoms with E-state index in [-0.39, 0.29) is 56.7 Å². The van der Waals surface area contributed by atoms with Crippen molar-refractivity contribution in [1.82, 2.24) is 52.8 Å². The molecule has 1 aromatic heterocycles. The Bertz CT molecular complexity index is 2740. The van der Waals surface area contributed by atoms with Gasteiger partial charge in [0.05, 0.1) is 13.1 Å². The zero-order valence-corrected chi connectivity index (χ0v) is 49.5. The van der Waals surface area contributed by atoms with Gasteiger partial charge in [0.25, 0.3) is 5.91 Å². The topological polar surface area (TPSA) is 413 Å². The van der Waals surface area contributed by atoms with Crippen molar-refractivity contribution in [2.45, 2.75) is 141 Å². The molecule has 1 unspecified atom stereocenters. The van der Waals surface area contributed by atoms with E-state index < -0.39 is 150 Å². The van der Waals surface area contributed by atoms with Gasteiger partial charge < -0.3 is 68.9 Å².